The zero-order chi connectivity index (χ0) is 59.8. The van der Waals surface area contributed by atoms with Crippen molar-refractivity contribution < 1.29 is 80.2 Å². The van der Waals surface area contributed by atoms with E-state index in [4.69, 9.17) is 37.0 Å². The van der Waals surface area contributed by atoms with Crippen LogP contribution in [0.2, 0.25) is 0 Å². The topological polar surface area (TPSA) is 237 Å². The fraction of sp³-hybridized carbons (Fsp3) is 0.935. The van der Waals surface area contributed by atoms with Crippen LogP contribution < -0.4 is 0 Å². The maximum Gasteiger partial charge on any atom is 0.472 e. The summed E-state index contributed by atoms with van der Waals surface area (Å²) in [5.74, 6) is -2.13. The minimum absolute atomic E-state index is 0.106. The maximum absolute atomic E-state index is 12.9. The Labute approximate surface area is 492 Å². The van der Waals surface area contributed by atoms with Crippen LogP contribution in [0.15, 0.2) is 0 Å². The van der Waals surface area contributed by atoms with E-state index in [0.29, 0.717) is 25.7 Å². The highest BCUT2D eigenvalue weighted by Crippen LogP contribution is 2.45. The first kappa shape index (κ1) is 79.1. The molecule has 0 aliphatic rings. The third-order valence-corrected chi connectivity index (χ3v) is 16.3. The number of unbranched alkanes of at least 4 members (excludes halogenated alkanes) is 37. The Hall–Kier alpha value is -1.94. The van der Waals surface area contributed by atoms with Gasteiger partial charge in [-0.3, -0.25) is 37.3 Å². The number of rotatable bonds is 63. The van der Waals surface area contributed by atoms with Gasteiger partial charge in [0, 0.05) is 25.7 Å². The van der Waals surface area contributed by atoms with E-state index in [0.717, 1.165) is 89.9 Å². The molecule has 0 rings (SSSR count). The van der Waals surface area contributed by atoms with Gasteiger partial charge in [-0.15, -0.1) is 0 Å². The SMILES string of the molecule is CCCCCCCCCCCCCCC(=O)O[C@H](COC(=O)CCCCCCCCCCCCC)COP(=O)(O)OC[C@@H](O)COP(=O)(O)OC[C@@H](COC(=O)CCCCCCCCCCC)OC(=O)CCCCCCCCCCC. The van der Waals surface area contributed by atoms with Gasteiger partial charge < -0.3 is 33.8 Å². The molecule has 81 heavy (non-hydrogen) atoms. The van der Waals surface area contributed by atoms with Crippen molar-refractivity contribution in [2.75, 3.05) is 39.6 Å². The molecule has 0 fully saturated rings. The van der Waals surface area contributed by atoms with Crippen LogP contribution in [0.1, 0.15) is 317 Å². The van der Waals surface area contributed by atoms with Crippen molar-refractivity contribution in [3.63, 3.8) is 0 Å². The summed E-state index contributed by atoms with van der Waals surface area (Å²) in [5.41, 5.74) is 0. The van der Waals surface area contributed by atoms with E-state index in [1.165, 1.54) is 148 Å². The molecule has 0 bridgehead atoms. The van der Waals surface area contributed by atoms with Crippen molar-refractivity contribution in [1.82, 2.24) is 0 Å². The van der Waals surface area contributed by atoms with Gasteiger partial charge in [0.05, 0.1) is 26.4 Å². The largest absolute Gasteiger partial charge is 0.472 e. The minimum atomic E-state index is -4.94. The second-order valence-electron chi connectivity index (χ2n) is 22.4. The van der Waals surface area contributed by atoms with Crippen LogP contribution in [0.25, 0.3) is 0 Å². The zero-order valence-corrected chi connectivity index (χ0v) is 53.5. The number of phosphoric ester groups is 2. The van der Waals surface area contributed by atoms with Gasteiger partial charge in [-0.1, -0.05) is 265 Å². The predicted molar refractivity (Wildman–Crippen MR) is 322 cm³/mol. The maximum atomic E-state index is 12.9. The quantitative estimate of drug-likeness (QED) is 0.0222. The zero-order valence-electron chi connectivity index (χ0n) is 51.7. The van der Waals surface area contributed by atoms with E-state index in [1.54, 1.807) is 0 Å². The highest BCUT2D eigenvalue weighted by atomic mass is 31.2. The van der Waals surface area contributed by atoms with Crippen molar-refractivity contribution in [1.29, 1.82) is 0 Å². The van der Waals surface area contributed by atoms with Gasteiger partial charge in [0.1, 0.15) is 19.3 Å². The van der Waals surface area contributed by atoms with Gasteiger partial charge in [0.2, 0.25) is 0 Å². The first-order chi connectivity index (χ1) is 39.2. The van der Waals surface area contributed by atoms with Crippen molar-refractivity contribution in [2.24, 2.45) is 0 Å². The summed E-state index contributed by atoms with van der Waals surface area (Å²) in [6, 6.07) is 0. The first-order valence-corrected chi connectivity index (χ1v) is 35.8. The molecule has 0 saturated heterocycles. The van der Waals surface area contributed by atoms with Crippen LogP contribution in [0.3, 0.4) is 0 Å². The van der Waals surface area contributed by atoms with Crippen molar-refractivity contribution in [2.45, 2.75) is 335 Å². The Morgan fingerprint density at radius 2 is 0.494 bits per heavy atom. The number of phosphoric acid groups is 2. The highest BCUT2D eigenvalue weighted by molar-refractivity contribution is 7.47. The summed E-state index contributed by atoms with van der Waals surface area (Å²) < 4.78 is 67.8. The first-order valence-electron chi connectivity index (χ1n) is 32.8. The lowest BCUT2D eigenvalue weighted by Crippen LogP contribution is -2.30. The van der Waals surface area contributed by atoms with E-state index >= 15 is 0 Å². The molecule has 0 aromatic heterocycles. The predicted octanol–water partition coefficient (Wildman–Crippen LogP) is 17.2. The third-order valence-electron chi connectivity index (χ3n) is 14.4. The van der Waals surface area contributed by atoms with Crippen LogP contribution >= 0.6 is 15.6 Å². The number of hydrogen-bond acceptors (Lipinski definition) is 15. The van der Waals surface area contributed by atoms with Gasteiger partial charge in [-0.25, -0.2) is 9.13 Å². The van der Waals surface area contributed by atoms with Crippen molar-refractivity contribution >= 4 is 39.5 Å². The standard InChI is InChI=1S/C62H120O17P2/c1-5-9-13-17-21-25-27-29-33-37-41-45-49-62(67)79-58(53-73-60(65)47-43-39-35-32-28-26-22-18-14-10-6-2)55-77-81(70,71)75-51-56(63)50-74-80(68,69)76-54-57(78-61(66)48-44-40-36-31-24-20-16-12-8-4)52-72-59(64)46-42-38-34-30-23-19-15-11-7-3/h56-58,63H,5-55H2,1-4H3,(H,68,69)(H,70,71)/t56-,57+,58+/m0/s1. The Bertz CT molecular complexity index is 1570. The fourth-order valence-electron chi connectivity index (χ4n) is 9.28. The number of aliphatic hydroxyl groups is 1. The van der Waals surface area contributed by atoms with Crippen LogP contribution in [0, 0.1) is 0 Å². The second-order valence-corrected chi connectivity index (χ2v) is 25.4. The lowest BCUT2D eigenvalue weighted by Gasteiger charge is -2.21. The highest BCUT2D eigenvalue weighted by Gasteiger charge is 2.30. The fourth-order valence-corrected chi connectivity index (χ4v) is 10.9. The number of hydrogen-bond donors (Lipinski definition) is 3. The Morgan fingerprint density at radius 3 is 0.728 bits per heavy atom. The van der Waals surface area contributed by atoms with Crippen LogP contribution in [0.4, 0.5) is 0 Å². The van der Waals surface area contributed by atoms with Crippen molar-refractivity contribution in [3.8, 4) is 0 Å². The summed E-state index contributed by atoms with van der Waals surface area (Å²) in [5, 5.41) is 10.5. The number of carbonyl (C=O) groups is 4. The Balaban J connectivity index is 5.22. The normalized spacial score (nSPS) is 14.2. The van der Waals surface area contributed by atoms with Gasteiger partial charge >= 0.3 is 39.5 Å². The summed E-state index contributed by atoms with van der Waals surface area (Å²) in [4.78, 5) is 72.0. The van der Waals surface area contributed by atoms with E-state index in [9.17, 15) is 43.2 Å². The van der Waals surface area contributed by atoms with Gasteiger partial charge in [-0.05, 0) is 25.7 Å². The molecule has 0 heterocycles. The Kier molecular flexibility index (Phi) is 55.8. The van der Waals surface area contributed by atoms with E-state index < -0.39 is 97.5 Å². The molecule has 0 aromatic carbocycles. The molecule has 0 aliphatic heterocycles. The third kappa shape index (κ3) is 56.9. The van der Waals surface area contributed by atoms with Gasteiger partial charge in [-0.2, -0.15) is 0 Å². The molecule has 480 valence electrons. The summed E-state index contributed by atoms with van der Waals surface area (Å²) in [6.45, 7) is 4.85. The number of carbonyl (C=O) groups excluding carboxylic acids is 4. The molecule has 2 unspecified atom stereocenters. The number of aliphatic hydroxyl groups excluding tert-OH is 1. The number of ether oxygens (including phenoxy) is 4. The monoisotopic (exact) mass is 1200 g/mol. The van der Waals surface area contributed by atoms with Gasteiger partial charge in [0.15, 0.2) is 12.2 Å². The molecule has 0 saturated carbocycles. The lowest BCUT2D eigenvalue weighted by atomic mass is 10.0. The average molecular weight is 1200 g/mol. The second kappa shape index (κ2) is 57.2. The van der Waals surface area contributed by atoms with Gasteiger partial charge in [0.25, 0.3) is 0 Å². The smallest absolute Gasteiger partial charge is 0.462 e. The molecule has 17 nitrogen and oxygen atoms in total. The van der Waals surface area contributed by atoms with E-state index in [-0.39, 0.29) is 25.7 Å². The molecule has 5 atom stereocenters. The van der Waals surface area contributed by atoms with Crippen LogP contribution in [-0.4, -0.2) is 96.7 Å². The summed E-state index contributed by atoms with van der Waals surface area (Å²) >= 11 is 0. The average Bonchev–Trinajstić information content (AvgIpc) is 3.44. The van der Waals surface area contributed by atoms with E-state index in [1.807, 2.05) is 0 Å². The molecule has 0 spiro atoms. The molecular weight excluding hydrogens is 1080 g/mol. The Morgan fingerprint density at radius 1 is 0.296 bits per heavy atom. The molecule has 19 heteroatoms. The van der Waals surface area contributed by atoms with Crippen LogP contribution in [0.5, 0.6) is 0 Å². The number of esters is 4. The van der Waals surface area contributed by atoms with Crippen LogP contribution in [-0.2, 0) is 65.4 Å². The lowest BCUT2D eigenvalue weighted by molar-refractivity contribution is -0.161. The van der Waals surface area contributed by atoms with E-state index in [2.05, 4.69) is 27.7 Å². The molecule has 0 radical (unpaired) electrons. The molecular formula is C62H120O17P2. The summed E-state index contributed by atoms with van der Waals surface area (Å²) in [7, 11) is -9.88. The summed E-state index contributed by atoms with van der Waals surface area (Å²) in [6.07, 6.45) is 41.5. The minimum Gasteiger partial charge on any atom is -0.462 e. The molecule has 3 N–H and O–H groups in total. The molecule has 0 aliphatic carbocycles. The molecule has 0 aromatic rings. The van der Waals surface area contributed by atoms with Crippen molar-refractivity contribution in [3.05, 3.63) is 0 Å². The molecule has 0 amide bonds.